The predicted octanol–water partition coefficient (Wildman–Crippen LogP) is 14.9. The highest BCUT2D eigenvalue weighted by Gasteiger charge is 2.30. The summed E-state index contributed by atoms with van der Waals surface area (Å²) >= 11 is 29.5. The molecule has 0 amide bonds. The Morgan fingerprint density at radius 3 is 0.735 bits per heavy atom. The van der Waals surface area contributed by atoms with E-state index in [4.69, 9.17) is 28.4 Å². The number of rotatable bonds is 22. The van der Waals surface area contributed by atoms with Crippen LogP contribution in [0, 0.1) is 0 Å². The average Bonchev–Trinajstić information content (AvgIpc) is 3.29. The lowest BCUT2D eigenvalue weighted by atomic mass is 9.78. The molecule has 0 aromatic heterocycles. The van der Waals surface area contributed by atoms with Gasteiger partial charge in [-0.25, -0.2) is 0 Å². The van der Waals surface area contributed by atoms with Gasteiger partial charge in [-0.3, -0.25) is 0 Å². The Bertz CT molecular complexity index is 2380. The normalized spacial score (nSPS) is 13.1. The molecule has 0 spiro atoms. The Labute approximate surface area is 464 Å². The summed E-state index contributed by atoms with van der Waals surface area (Å²) in [6.07, 6.45) is -2.62. The highest BCUT2D eigenvalue weighted by Crippen LogP contribution is 2.46. The molecule has 0 radical (unpaired) electrons. The number of hydrogen-bond acceptors (Lipinski definition) is 9. The number of aliphatic hydroxyl groups excluding tert-OH is 3. The highest BCUT2D eigenvalue weighted by atomic mass is 79.9. The van der Waals surface area contributed by atoms with Gasteiger partial charge in [0.05, 0.1) is 35.8 Å². The van der Waals surface area contributed by atoms with Gasteiger partial charge in [0, 0.05) is 10.8 Å². The Morgan fingerprint density at radius 2 is 0.529 bits per heavy atom. The predicted molar refractivity (Wildman–Crippen MR) is 295 cm³/mol. The van der Waals surface area contributed by atoms with Crippen LogP contribution in [-0.4, -0.2) is 73.3 Å². The molecule has 2 unspecified atom stereocenters. The quantitative estimate of drug-likeness (QED) is 0.0611. The molecule has 0 aliphatic carbocycles. The van der Waals surface area contributed by atoms with Crippen LogP contribution in [-0.2, 0) is 10.8 Å². The van der Waals surface area contributed by atoms with Crippen LogP contribution < -0.4 is 28.4 Å². The zero-order valence-electron chi connectivity index (χ0n) is 37.2. The van der Waals surface area contributed by atoms with E-state index in [0.29, 0.717) is 52.4 Å². The maximum Gasteiger partial charge on any atom is 0.147 e. The van der Waals surface area contributed by atoms with Gasteiger partial charge in [-0.05, 0) is 222 Å². The van der Waals surface area contributed by atoms with Crippen molar-refractivity contribution in [2.45, 2.75) is 56.8 Å². The Kier molecular flexibility index (Phi) is 20.3. The number of aliphatic hydroxyl groups is 3. The highest BCUT2D eigenvalue weighted by molar-refractivity contribution is 9.12. The zero-order valence-corrected chi connectivity index (χ0v) is 49.9. The van der Waals surface area contributed by atoms with E-state index in [2.05, 4.69) is 155 Å². The topological polar surface area (TPSA) is 116 Å². The second-order valence-corrected chi connectivity index (χ2v) is 23.6. The molecule has 6 aromatic rings. The van der Waals surface area contributed by atoms with E-state index < -0.39 is 29.1 Å². The fraction of sp³-hybridized carbons (Fsp3) is 0.294. The van der Waals surface area contributed by atoms with Crippen LogP contribution in [0.15, 0.2) is 145 Å². The van der Waals surface area contributed by atoms with Gasteiger partial charge in [-0.2, -0.15) is 0 Å². The molecule has 362 valence electrons. The lowest BCUT2D eigenvalue weighted by Crippen LogP contribution is -2.26. The molecule has 6 aromatic carbocycles. The van der Waals surface area contributed by atoms with Gasteiger partial charge < -0.3 is 43.7 Å². The molecule has 3 N–H and O–H groups in total. The molecule has 0 saturated carbocycles. The second-order valence-electron chi connectivity index (χ2n) is 16.8. The van der Waals surface area contributed by atoms with Gasteiger partial charge in [0.25, 0.3) is 0 Å². The minimum Gasteiger partial charge on any atom is -0.491 e. The van der Waals surface area contributed by atoms with Gasteiger partial charge in [-0.1, -0.05) is 64.1 Å². The van der Waals surface area contributed by atoms with Gasteiger partial charge in [0.15, 0.2) is 0 Å². The summed E-state index contributed by atoms with van der Waals surface area (Å²) in [7, 11) is 0. The van der Waals surface area contributed by atoms with Crippen molar-refractivity contribution in [3.63, 3.8) is 0 Å². The number of hydrogen-bond donors (Lipinski definition) is 3. The summed E-state index contributed by atoms with van der Waals surface area (Å²) in [6.45, 7) is 8.72. The lowest BCUT2D eigenvalue weighted by Gasteiger charge is -2.29. The fourth-order valence-electron chi connectivity index (χ4n) is 6.85. The minimum atomic E-state index is -0.958. The van der Waals surface area contributed by atoms with Gasteiger partial charge >= 0.3 is 0 Å². The maximum atomic E-state index is 11.0. The van der Waals surface area contributed by atoms with Crippen LogP contribution in [0.3, 0.4) is 0 Å². The van der Waals surface area contributed by atoms with Gasteiger partial charge in [-0.15, -0.1) is 0 Å². The van der Waals surface area contributed by atoms with Crippen LogP contribution in [0.2, 0.25) is 0 Å². The van der Waals surface area contributed by atoms with Crippen LogP contribution in [0.25, 0.3) is 0 Å². The first-order valence-electron chi connectivity index (χ1n) is 21.1. The van der Waals surface area contributed by atoms with Crippen molar-refractivity contribution in [3.8, 4) is 34.5 Å². The Balaban J connectivity index is 1.03. The summed E-state index contributed by atoms with van der Waals surface area (Å²) in [4.78, 5) is 0. The number of para-hydroxylation sites is 2. The second kappa shape index (κ2) is 25.0. The Hall–Kier alpha value is -2.16. The molecule has 6 rings (SSSR count). The number of benzene rings is 6. The van der Waals surface area contributed by atoms with Crippen LogP contribution in [0.5, 0.6) is 34.5 Å². The van der Waals surface area contributed by atoms with E-state index in [-0.39, 0.29) is 39.6 Å². The molecular formula is C51H48Br8O9. The van der Waals surface area contributed by atoms with Crippen molar-refractivity contribution in [2.75, 3.05) is 39.6 Å². The summed E-state index contributed by atoms with van der Waals surface area (Å²) in [5.41, 5.74) is 3.08. The molecule has 0 heterocycles. The molecule has 68 heavy (non-hydrogen) atoms. The molecular weight excluding hydrogens is 1400 g/mol. The first kappa shape index (κ1) is 55.2. The molecule has 0 aliphatic heterocycles. The van der Waals surface area contributed by atoms with Crippen LogP contribution in [0.1, 0.15) is 49.9 Å². The van der Waals surface area contributed by atoms with E-state index in [1.807, 2.05) is 109 Å². The molecule has 9 nitrogen and oxygen atoms in total. The van der Waals surface area contributed by atoms with Crippen molar-refractivity contribution < 1.29 is 43.7 Å². The zero-order chi connectivity index (χ0) is 49.3. The standard InChI is InChI=1S/C51H48Br8O9/c1-50(2,29-15-38(52)46(39(53)16-29)65-25-33(60)23-63-36-11-7-5-8-12-36)31-19-42(56)48(43(57)20-31)67-27-35(62)28-68-49-44(58)21-32(22-45(49)59)51(3,4)30-17-40(54)47(41(55)18-30)66-26-34(61)24-64-37-13-9-6-10-14-37/h5-22,33-35,60-62H,23-28H2,1-4H3. The van der Waals surface area contributed by atoms with E-state index >= 15 is 0 Å². The fourth-order valence-corrected chi connectivity index (χ4v) is 12.5. The maximum absolute atomic E-state index is 11.0. The summed E-state index contributed by atoms with van der Waals surface area (Å²) in [6, 6.07) is 34.7. The molecule has 17 heteroatoms. The van der Waals surface area contributed by atoms with E-state index in [1.54, 1.807) is 0 Å². The first-order valence-corrected chi connectivity index (χ1v) is 27.5. The van der Waals surface area contributed by atoms with E-state index in [0.717, 1.165) is 40.1 Å². The molecule has 0 aliphatic rings. The van der Waals surface area contributed by atoms with Crippen LogP contribution >= 0.6 is 127 Å². The third-order valence-corrected chi connectivity index (χ3v) is 15.6. The van der Waals surface area contributed by atoms with Crippen molar-refractivity contribution in [1.29, 1.82) is 0 Å². The average molecular weight is 1440 g/mol. The molecule has 2 atom stereocenters. The van der Waals surface area contributed by atoms with Crippen molar-refractivity contribution >= 4 is 127 Å². The summed E-state index contributed by atoms with van der Waals surface area (Å²) in [5.74, 6) is 3.60. The molecule has 0 fully saturated rings. The van der Waals surface area contributed by atoms with Gasteiger partial charge in [0.1, 0.15) is 92.5 Å². The van der Waals surface area contributed by atoms with Crippen molar-refractivity contribution in [1.82, 2.24) is 0 Å². The monoisotopic (exact) mass is 1440 g/mol. The molecule has 0 bridgehead atoms. The first-order chi connectivity index (χ1) is 32.2. The molecule has 0 saturated heterocycles. The third kappa shape index (κ3) is 14.5. The minimum absolute atomic E-state index is 0.0292. The van der Waals surface area contributed by atoms with E-state index in [1.165, 1.54) is 0 Å². The smallest absolute Gasteiger partial charge is 0.147 e. The third-order valence-electron chi connectivity index (χ3n) is 10.9. The van der Waals surface area contributed by atoms with Crippen molar-refractivity contribution in [3.05, 3.63) is 167 Å². The lowest BCUT2D eigenvalue weighted by molar-refractivity contribution is 0.0615. The summed E-state index contributed by atoms with van der Waals surface area (Å²) in [5, 5.41) is 32.1. The van der Waals surface area contributed by atoms with Gasteiger partial charge in [0.2, 0.25) is 0 Å². The number of ether oxygens (including phenoxy) is 6. The summed E-state index contributed by atoms with van der Waals surface area (Å²) < 4.78 is 41.4. The SMILES string of the molecule is CC(C)(c1cc(Br)c(OCC(O)COc2ccccc2)c(Br)c1)c1cc(Br)c(OCC(O)COc2c(Br)cc(C(C)(C)c3cc(Br)c(OCC(O)COc4ccccc4)c(Br)c3)cc2Br)c(Br)c1. The largest absolute Gasteiger partial charge is 0.491 e. The van der Waals surface area contributed by atoms with E-state index in [9.17, 15) is 15.3 Å². The van der Waals surface area contributed by atoms with Crippen molar-refractivity contribution in [2.24, 2.45) is 0 Å². The Morgan fingerprint density at radius 1 is 0.338 bits per heavy atom. The van der Waals surface area contributed by atoms with Crippen LogP contribution in [0.4, 0.5) is 0 Å². The number of halogens is 8.